The van der Waals surface area contributed by atoms with Crippen LogP contribution in [0.4, 0.5) is 5.69 Å². The van der Waals surface area contributed by atoms with Crippen LogP contribution in [0.15, 0.2) is 47.4 Å². The Morgan fingerprint density at radius 3 is 2.37 bits per heavy atom. The van der Waals surface area contributed by atoms with Crippen molar-refractivity contribution < 1.29 is 23.1 Å². The number of rotatable bonds is 5. The smallest absolute Gasteiger partial charge is 0.335 e. The van der Waals surface area contributed by atoms with E-state index in [2.05, 4.69) is 4.90 Å². The number of aryl methyl sites for hydroxylation is 1. The van der Waals surface area contributed by atoms with Crippen molar-refractivity contribution in [3.05, 3.63) is 53.6 Å². The third-order valence-electron chi connectivity index (χ3n) is 4.74. The fourth-order valence-electron chi connectivity index (χ4n) is 3.20. The van der Waals surface area contributed by atoms with Crippen LogP contribution in [0, 0.1) is 6.92 Å². The molecule has 1 saturated heterocycles. The van der Waals surface area contributed by atoms with Crippen LogP contribution in [0.5, 0.6) is 5.75 Å². The number of para-hydroxylation sites is 2. The summed E-state index contributed by atoms with van der Waals surface area (Å²) in [7, 11) is -2.14. The molecule has 0 spiro atoms. The van der Waals surface area contributed by atoms with Gasteiger partial charge in [0.1, 0.15) is 5.75 Å². The summed E-state index contributed by atoms with van der Waals surface area (Å²) in [4.78, 5) is 13.4. The molecule has 27 heavy (non-hydrogen) atoms. The summed E-state index contributed by atoms with van der Waals surface area (Å²) >= 11 is 0. The van der Waals surface area contributed by atoms with Gasteiger partial charge in [-0.25, -0.2) is 13.2 Å². The molecule has 3 rings (SSSR count). The van der Waals surface area contributed by atoms with Gasteiger partial charge in [-0.2, -0.15) is 4.31 Å². The van der Waals surface area contributed by atoms with Gasteiger partial charge in [0.15, 0.2) is 0 Å². The highest BCUT2D eigenvalue weighted by molar-refractivity contribution is 7.89. The zero-order chi connectivity index (χ0) is 19.6. The van der Waals surface area contributed by atoms with Crippen LogP contribution in [0.3, 0.4) is 0 Å². The molecule has 144 valence electrons. The summed E-state index contributed by atoms with van der Waals surface area (Å²) in [5.74, 6) is -0.385. The van der Waals surface area contributed by atoms with E-state index in [0.29, 0.717) is 31.7 Å². The third-order valence-corrected chi connectivity index (χ3v) is 6.64. The quantitative estimate of drug-likeness (QED) is 0.842. The number of hydrogen-bond donors (Lipinski definition) is 1. The highest BCUT2D eigenvalue weighted by Gasteiger charge is 2.30. The monoisotopic (exact) mass is 390 g/mol. The first-order chi connectivity index (χ1) is 12.8. The molecule has 1 heterocycles. The van der Waals surface area contributed by atoms with Gasteiger partial charge in [0.25, 0.3) is 0 Å². The summed E-state index contributed by atoms with van der Waals surface area (Å²) in [6, 6.07) is 11.9. The molecule has 0 atom stereocenters. The van der Waals surface area contributed by atoms with Crippen LogP contribution in [-0.2, 0) is 10.0 Å². The van der Waals surface area contributed by atoms with Gasteiger partial charge >= 0.3 is 5.97 Å². The molecule has 8 heteroatoms. The number of sulfonamides is 1. The SMILES string of the molecule is COc1ccccc1N1CCN(S(=O)(=O)c2ccc(C)c(C(=O)O)c2)CC1. The third kappa shape index (κ3) is 3.77. The van der Waals surface area contributed by atoms with E-state index in [-0.39, 0.29) is 10.5 Å². The largest absolute Gasteiger partial charge is 0.495 e. The lowest BCUT2D eigenvalue weighted by molar-refractivity contribution is 0.0696. The molecule has 1 N–H and O–H groups in total. The second-order valence-electron chi connectivity index (χ2n) is 6.34. The van der Waals surface area contributed by atoms with Crippen molar-refractivity contribution in [3.63, 3.8) is 0 Å². The Hall–Kier alpha value is -2.58. The average molecular weight is 390 g/mol. The minimum Gasteiger partial charge on any atom is -0.495 e. The fraction of sp³-hybridized carbons (Fsp3) is 0.316. The van der Waals surface area contributed by atoms with Gasteiger partial charge in [-0.05, 0) is 36.8 Å². The highest BCUT2D eigenvalue weighted by atomic mass is 32.2. The second kappa shape index (κ2) is 7.58. The van der Waals surface area contributed by atoms with Gasteiger partial charge in [-0.1, -0.05) is 18.2 Å². The molecule has 0 unspecified atom stereocenters. The van der Waals surface area contributed by atoms with Gasteiger partial charge in [-0.3, -0.25) is 0 Å². The molecule has 2 aromatic carbocycles. The molecule has 0 aliphatic carbocycles. The van der Waals surface area contributed by atoms with Crippen LogP contribution in [0.1, 0.15) is 15.9 Å². The molecule has 2 aromatic rings. The van der Waals surface area contributed by atoms with Crippen molar-refractivity contribution in [1.29, 1.82) is 0 Å². The van der Waals surface area contributed by atoms with E-state index in [4.69, 9.17) is 4.74 Å². The second-order valence-corrected chi connectivity index (χ2v) is 8.28. The molecule has 1 aliphatic rings. The Morgan fingerprint density at radius 2 is 1.74 bits per heavy atom. The summed E-state index contributed by atoms with van der Waals surface area (Å²) in [5.41, 5.74) is 1.46. The number of ether oxygens (including phenoxy) is 1. The van der Waals surface area contributed by atoms with Gasteiger partial charge in [0.2, 0.25) is 10.0 Å². The average Bonchev–Trinajstić information content (AvgIpc) is 2.68. The predicted molar refractivity (Wildman–Crippen MR) is 102 cm³/mol. The highest BCUT2D eigenvalue weighted by Crippen LogP contribution is 2.29. The van der Waals surface area contributed by atoms with Crippen LogP contribution < -0.4 is 9.64 Å². The predicted octanol–water partition coefficient (Wildman–Crippen LogP) is 2.21. The Kier molecular flexibility index (Phi) is 5.38. The summed E-state index contributed by atoms with van der Waals surface area (Å²) < 4.78 is 32.6. The molecule has 7 nitrogen and oxygen atoms in total. The van der Waals surface area contributed by atoms with Crippen LogP contribution in [0.2, 0.25) is 0 Å². The molecular formula is C19H22N2O5S. The lowest BCUT2D eigenvalue weighted by Gasteiger charge is -2.36. The number of carbonyl (C=O) groups is 1. The van der Waals surface area contributed by atoms with E-state index < -0.39 is 16.0 Å². The Bertz CT molecular complexity index is 950. The maximum absolute atomic E-state index is 12.9. The summed E-state index contributed by atoms with van der Waals surface area (Å²) in [5, 5.41) is 9.25. The number of carboxylic acids is 1. The van der Waals surface area contributed by atoms with Gasteiger partial charge < -0.3 is 14.7 Å². The van der Waals surface area contributed by atoms with Crippen molar-refractivity contribution in [2.75, 3.05) is 38.2 Å². The molecular weight excluding hydrogens is 368 g/mol. The number of anilines is 1. The Morgan fingerprint density at radius 1 is 1.07 bits per heavy atom. The molecule has 0 aromatic heterocycles. The summed E-state index contributed by atoms with van der Waals surface area (Å²) in [6.07, 6.45) is 0. The van der Waals surface area contributed by atoms with E-state index in [1.165, 1.54) is 22.5 Å². The number of piperazine rings is 1. The van der Waals surface area contributed by atoms with E-state index in [0.717, 1.165) is 11.4 Å². The zero-order valence-electron chi connectivity index (χ0n) is 15.3. The van der Waals surface area contributed by atoms with Crippen LogP contribution in [-0.4, -0.2) is 57.1 Å². The number of carboxylic acid groups (broad SMARTS) is 1. The molecule has 0 amide bonds. The topological polar surface area (TPSA) is 87.2 Å². The maximum Gasteiger partial charge on any atom is 0.335 e. The number of benzene rings is 2. The van der Waals surface area contributed by atoms with E-state index >= 15 is 0 Å². The first kappa shape index (κ1) is 19.2. The van der Waals surface area contributed by atoms with E-state index in [1.54, 1.807) is 14.0 Å². The van der Waals surface area contributed by atoms with Crippen molar-refractivity contribution in [2.45, 2.75) is 11.8 Å². The van der Waals surface area contributed by atoms with Crippen molar-refractivity contribution >= 4 is 21.7 Å². The number of nitrogens with zero attached hydrogens (tertiary/aromatic N) is 2. The molecule has 0 saturated carbocycles. The summed E-state index contributed by atoms with van der Waals surface area (Å²) in [6.45, 7) is 3.33. The minimum atomic E-state index is -3.74. The number of aromatic carboxylic acids is 1. The number of hydrogen-bond acceptors (Lipinski definition) is 5. The minimum absolute atomic E-state index is 0.00346. The Labute approximate surface area is 158 Å². The van der Waals surface area contributed by atoms with Gasteiger partial charge in [-0.15, -0.1) is 0 Å². The van der Waals surface area contributed by atoms with E-state index in [1.807, 2.05) is 24.3 Å². The van der Waals surface area contributed by atoms with Crippen LogP contribution in [0.25, 0.3) is 0 Å². The number of methoxy groups -OCH3 is 1. The van der Waals surface area contributed by atoms with Crippen molar-refractivity contribution in [2.24, 2.45) is 0 Å². The maximum atomic E-state index is 12.9. The molecule has 0 radical (unpaired) electrons. The molecule has 0 bridgehead atoms. The Balaban J connectivity index is 1.79. The van der Waals surface area contributed by atoms with Crippen molar-refractivity contribution in [3.8, 4) is 5.75 Å². The molecule has 1 aliphatic heterocycles. The lowest BCUT2D eigenvalue weighted by Crippen LogP contribution is -2.48. The first-order valence-corrected chi connectivity index (χ1v) is 10.0. The fourth-order valence-corrected chi connectivity index (χ4v) is 4.65. The normalized spacial score (nSPS) is 15.6. The van der Waals surface area contributed by atoms with Crippen molar-refractivity contribution in [1.82, 2.24) is 4.31 Å². The van der Waals surface area contributed by atoms with Crippen LogP contribution >= 0.6 is 0 Å². The van der Waals surface area contributed by atoms with Gasteiger partial charge in [0, 0.05) is 26.2 Å². The van der Waals surface area contributed by atoms with Gasteiger partial charge in [0.05, 0.1) is 23.3 Å². The first-order valence-electron chi connectivity index (χ1n) is 8.56. The molecule has 1 fully saturated rings. The lowest BCUT2D eigenvalue weighted by atomic mass is 10.1. The standard InChI is InChI=1S/C19H22N2O5S/c1-14-7-8-15(13-16(14)19(22)23)27(24,25)21-11-9-20(10-12-21)17-5-3-4-6-18(17)26-2/h3-8,13H,9-12H2,1-2H3,(H,22,23). The zero-order valence-corrected chi connectivity index (χ0v) is 16.1. The van der Waals surface area contributed by atoms with E-state index in [9.17, 15) is 18.3 Å².